The zero-order valence-electron chi connectivity index (χ0n) is 13.0. The van der Waals surface area contributed by atoms with Crippen molar-refractivity contribution >= 4 is 22.8 Å². The average Bonchev–Trinajstić information content (AvgIpc) is 2.80. The zero-order chi connectivity index (χ0) is 15.4. The Bertz CT molecular complexity index is 593. The van der Waals surface area contributed by atoms with Crippen LogP contribution in [0.1, 0.15) is 33.6 Å². The van der Waals surface area contributed by atoms with Crippen molar-refractivity contribution in [2.24, 2.45) is 5.92 Å². The van der Waals surface area contributed by atoms with Crippen LogP contribution in [0.4, 0.5) is 11.8 Å². The zero-order valence-corrected chi connectivity index (χ0v) is 13.0. The Labute approximate surface area is 125 Å². The minimum Gasteiger partial charge on any atom is -0.394 e. The van der Waals surface area contributed by atoms with Gasteiger partial charge >= 0.3 is 0 Å². The van der Waals surface area contributed by atoms with Gasteiger partial charge in [-0.05, 0) is 18.4 Å². The Kier molecular flexibility index (Phi) is 5.01. The number of aliphatic hydroxyl groups excluding tert-OH is 1. The molecule has 2 aromatic heterocycles. The van der Waals surface area contributed by atoms with Gasteiger partial charge < -0.3 is 20.7 Å². The van der Waals surface area contributed by atoms with Gasteiger partial charge in [0.15, 0.2) is 5.82 Å². The molecule has 0 spiro atoms. The van der Waals surface area contributed by atoms with E-state index in [2.05, 4.69) is 40.6 Å². The predicted molar refractivity (Wildman–Crippen MR) is 86.2 cm³/mol. The Morgan fingerprint density at radius 1 is 1.38 bits per heavy atom. The first-order valence-corrected chi connectivity index (χ1v) is 7.54. The molecule has 0 aromatic carbocycles. The van der Waals surface area contributed by atoms with Crippen molar-refractivity contribution in [3.63, 3.8) is 0 Å². The summed E-state index contributed by atoms with van der Waals surface area (Å²) >= 11 is 0. The first-order chi connectivity index (χ1) is 10.0. The van der Waals surface area contributed by atoms with Crippen LogP contribution in [0.5, 0.6) is 0 Å². The molecule has 21 heavy (non-hydrogen) atoms. The second-order valence-electron chi connectivity index (χ2n) is 5.84. The molecule has 0 radical (unpaired) electrons. The number of nitrogens with two attached hydrogens (primary N) is 1. The summed E-state index contributed by atoms with van der Waals surface area (Å²) in [5, 5.41) is 12.8. The van der Waals surface area contributed by atoms with Crippen LogP contribution in [-0.2, 0) is 6.54 Å². The lowest BCUT2D eigenvalue weighted by Crippen LogP contribution is -2.25. The van der Waals surface area contributed by atoms with Gasteiger partial charge in [-0.2, -0.15) is 4.98 Å². The molecule has 0 saturated heterocycles. The molecule has 0 aliphatic carbocycles. The number of anilines is 2. The molecular weight excluding hydrogens is 266 g/mol. The number of hydrogen-bond donors (Lipinski definition) is 3. The van der Waals surface area contributed by atoms with Gasteiger partial charge in [-0.15, -0.1) is 0 Å². The number of rotatable bonds is 7. The van der Waals surface area contributed by atoms with E-state index >= 15 is 0 Å². The molecule has 1 unspecified atom stereocenters. The highest BCUT2D eigenvalue weighted by Crippen LogP contribution is 2.24. The first kappa shape index (κ1) is 15.6. The molecule has 0 fully saturated rings. The highest BCUT2D eigenvalue weighted by Gasteiger charge is 2.15. The molecule has 0 saturated carbocycles. The summed E-state index contributed by atoms with van der Waals surface area (Å²) in [6, 6.07) is 1.93. The van der Waals surface area contributed by atoms with E-state index in [1.54, 1.807) is 0 Å². The van der Waals surface area contributed by atoms with E-state index < -0.39 is 0 Å². The molecule has 1 atom stereocenters. The van der Waals surface area contributed by atoms with E-state index in [-0.39, 0.29) is 18.6 Å². The van der Waals surface area contributed by atoms with Gasteiger partial charge in [-0.1, -0.05) is 27.2 Å². The van der Waals surface area contributed by atoms with Crippen molar-refractivity contribution < 1.29 is 5.11 Å². The summed E-state index contributed by atoms with van der Waals surface area (Å²) in [6.45, 7) is 7.40. The Hall–Kier alpha value is -1.82. The number of fused-ring (bicyclic) bond motifs is 1. The second kappa shape index (κ2) is 6.76. The molecule has 0 bridgehead atoms. The van der Waals surface area contributed by atoms with Gasteiger partial charge in [0.2, 0.25) is 5.95 Å². The lowest BCUT2D eigenvalue weighted by Gasteiger charge is -2.18. The molecule has 0 aliphatic heterocycles. The summed E-state index contributed by atoms with van der Waals surface area (Å²) in [5.74, 6) is 1.48. The summed E-state index contributed by atoms with van der Waals surface area (Å²) in [4.78, 5) is 8.62. The van der Waals surface area contributed by atoms with Crippen LogP contribution < -0.4 is 11.1 Å². The lowest BCUT2D eigenvalue weighted by molar-refractivity contribution is 0.268. The fourth-order valence-corrected chi connectivity index (χ4v) is 2.52. The van der Waals surface area contributed by atoms with Crippen LogP contribution in [0.25, 0.3) is 11.0 Å². The Morgan fingerprint density at radius 2 is 2.14 bits per heavy atom. The Balaban J connectivity index is 2.42. The van der Waals surface area contributed by atoms with Crippen molar-refractivity contribution in [2.75, 3.05) is 17.7 Å². The number of nitrogens with zero attached hydrogens (tertiary/aromatic N) is 3. The largest absolute Gasteiger partial charge is 0.394 e. The topological polar surface area (TPSA) is 89.0 Å². The standard InChI is InChI=1S/C15H25N5O/c1-4-5-11(9-21)17-14-13-12(18-15(16)19-14)6-7-20(13)8-10(2)3/h6-7,10-11,21H,4-5,8-9H2,1-3H3,(H3,16,17,18,19). The number of aromatic nitrogens is 3. The molecule has 6 nitrogen and oxygen atoms in total. The third kappa shape index (κ3) is 3.64. The maximum absolute atomic E-state index is 9.48. The number of hydrogen-bond acceptors (Lipinski definition) is 5. The van der Waals surface area contributed by atoms with Crippen LogP contribution >= 0.6 is 0 Å². The minimum absolute atomic E-state index is 0.0186. The maximum atomic E-state index is 9.48. The summed E-state index contributed by atoms with van der Waals surface area (Å²) in [7, 11) is 0. The van der Waals surface area contributed by atoms with Crippen LogP contribution in [0.2, 0.25) is 0 Å². The minimum atomic E-state index is -0.0186. The van der Waals surface area contributed by atoms with E-state index in [0.717, 1.165) is 30.4 Å². The summed E-state index contributed by atoms with van der Waals surface area (Å²) in [5.41, 5.74) is 7.58. The van der Waals surface area contributed by atoms with E-state index in [1.165, 1.54) is 0 Å². The number of nitrogens with one attached hydrogen (secondary N) is 1. The number of nitrogen functional groups attached to an aromatic ring is 1. The molecule has 0 amide bonds. The van der Waals surface area contributed by atoms with E-state index in [0.29, 0.717) is 11.7 Å². The summed E-state index contributed by atoms with van der Waals surface area (Å²) < 4.78 is 2.14. The van der Waals surface area contributed by atoms with Crippen molar-refractivity contribution in [1.29, 1.82) is 0 Å². The predicted octanol–water partition coefficient (Wildman–Crippen LogP) is 2.24. The Morgan fingerprint density at radius 3 is 2.76 bits per heavy atom. The SMILES string of the molecule is CCCC(CO)Nc1nc(N)nc2ccn(CC(C)C)c12. The van der Waals surface area contributed by atoms with E-state index in [9.17, 15) is 5.11 Å². The maximum Gasteiger partial charge on any atom is 0.222 e. The molecule has 0 aliphatic rings. The van der Waals surface area contributed by atoms with Gasteiger partial charge in [-0.3, -0.25) is 0 Å². The van der Waals surface area contributed by atoms with Crippen molar-refractivity contribution in [3.05, 3.63) is 12.3 Å². The molecule has 6 heteroatoms. The lowest BCUT2D eigenvalue weighted by atomic mass is 10.2. The molecule has 4 N–H and O–H groups in total. The third-order valence-corrected chi connectivity index (χ3v) is 3.39. The van der Waals surface area contributed by atoms with Crippen LogP contribution in [0, 0.1) is 5.92 Å². The molecule has 2 aromatic rings. The average molecular weight is 291 g/mol. The highest BCUT2D eigenvalue weighted by atomic mass is 16.3. The van der Waals surface area contributed by atoms with Crippen LogP contribution in [0.15, 0.2) is 12.3 Å². The normalized spacial score (nSPS) is 13.0. The van der Waals surface area contributed by atoms with Gasteiger partial charge in [0, 0.05) is 12.7 Å². The van der Waals surface area contributed by atoms with Gasteiger partial charge in [0.1, 0.15) is 5.52 Å². The van der Waals surface area contributed by atoms with Gasteiger partial charge in [0.25, 0.3) is 0 Å². The first-order valence-electron chi connectivity index (χ1n) is 7.54. The fraction of sp³-hybridized carbons (Fsp3) is 0.600. The molecule has 116 valence electrons. The monoisotopic (exact) mass is 291 g/mol. The highest BCUT2D eigenvalue weighted by molar-refractivity contribution is 5.87. The molecule has 2 heterocycles. The van der Waals surface area contributed by atoms with E-state index in [4.69, 9.17) is 5.73 Å². The molecular formula is C15H25N5O. The van der Waals surface area contributed by atoms with Crippen molar-refractivity contribution in [3.8, 4) is 0 Å². The van der Waals surface area contributed by atoms with E-state index in [1.807, 2.05) is 12.3 Å². The molecule has 2 rings (SSSR count). The van der Waals surface area contributed by atoms with Gasteiger partial charge in [0.05, 0.1) is 18.2 Å². The van der Waals surface area contributed by atoms with Crippen LogP contribution in [-0.4, -0.2) is 32.3 Å². The fourth-order valence-electron chi connectivity index (χ4n) is 2.52. The summed E-state index contributed by atoms with van der Waals surface area (Å²) in [6.07, 6.45) is 3.89. The number of aliphatic hydroxyl groups is 1. The van der Waals surface area contributed by atoms with Gasteiger partial charge in [-0.25, -0.2) is 4.98 Å². The van der Waals surface area contributed by atoms with Crippen molar-refractivity contribution in [1.82, 2.24) is 14.5 Å². The van der Waals surface area contributed by atoms with Crippen LogP contribution in [0.3, 0.4) is 0 Å². The second-order valence-corrected chi connectivity index (χ2v) is 5.84. The third-order valence-electron chi connectivity index (χ3n) is 3.39. The quantitative estimate of drug-likeness (QED) is 0.728. The van der Waals surface area contributed by atoms with Crippen molar-refractivity contribution in [2.45, 2.75) is 46.2 Å². The smallest absolute Gasteiger partial charge is 0.222 e.